The van der Waals surface area contributed by atoms with Crippen LogP contribution in [0, 0.1) is 17.3 Å². The van der Waals surface area contributed by atoms with Gasteiger partial charge in [-0.2, -0.15) is 0 Å². The minimum Gasteiger partial charge on any atom is -0.310 e. The van der Waals surface area contributed by atoms with Crippen molar-refractivity contribution in [1.29, 1.82) is 0 Å². The molecule has 3 saturated carbocycles. The third kappa shape index (κ3) is 0.743. The van der Waals surface area contributed by atoms with Crippen LogP contribution in [-0.2, 0) is 0 Å². The van der Waals surface area contributed by atoms with Crippen molar-refractivity contribution >= 4 is 0 Å². The molecule has 1 heteroatoms. The van der Waals surface area contributed by atoms with E-state index in [0.29, 0.717) is 0 Å². The molecule has 4 atom stereocenters. The predicted molar refractivity (Wildman–Crippen MR) is 52.4 cm³/mol. The van der Waals surface area contributed by atoms with E-state index < -0.39 is 0 Å². The average Bonchev–Trinajstić information content (AvgIpc) is 2.84. The summed E-state index contributed by atoms with van der Waals surface area (Å²) in [4.78, 5) is 0. The van der Waals surface area contributed by atoms with Crippen LogP contribution in [0.5, 0.6) is 0 Å². The van der Waals surface area contributed by atoms with Crippen molar-refractivity contribution in [1.82, 2.24) is 5.32 Å². The van der Waals surface area contributed by atoms with Gasteiger partial charge in [0.15, 0.2) is 0 Å². The van der Waals surface area contributed by atoms with Crippen LogP contribution in [0.3, 0.4) is 0 Å². The molecule has 1 nitrogen and oxygen atoms in total. The van der Waals surface area contributed by atoms with E-state index >= 15 is 0 Å². The molecule has 0 amide bonds. The maximum Gasteiger partial charge on any atom is 0.0144 e. The van der Waals surface area contributed by atoms with Crippen molar-refractivity contribution < 1.29 is 0 Å². The monoisotopic (exact) mass is 177 g/mol. The summed E-state index contributed by atoms with van der Waals surface area (Å²) in [6.45, 7) is 0. The molecule has 0 aromatic heterocycles. The molecule has 5 rings (SSSR count). The molecule has 0 radical (unpaired) electrons. The summed E-state index contributed by atoms with van der Waals surface area (Å²) in [6, 6.07) is 1.90. The Bertz CT molecular complexity index is 238. The van der Waals surface area contributed by atoms with Crippen molar-refractivity contribution in [3.63, 3.8) is 0 Å². The van der Waals surface area contributed by atoms with Crippen LogP contribution < -0.4 is 5.32 Å². The fraction of sp³-hybridized carbons (Fsp3) is 1.00. The predicted octanol–water partition coefficient (Wildman–Crippen LogP) is 2.32. The summed E-state index contributed by atoms with van der Waals surface area (Å²) < 4.78 is 0. The van der Waals surface area contributed by atoms with E-state index in [4.69, 9.17) is 0 Å². The molecule has 2 heterocycles. The van der Waals surface area contributed by atoms with Gasteiger partial charge < -0.3 is 5.32 Å². The summed E-state index contributed by atoms with van der Waals surface area (Å²) in [5, 5.41) is 3.83. The molecule has 0 aromatic carbocycles. The van der Waals surface area contributed by atoms with Gasteiger partial charge in [0.05, 0.1) is 0 Å². The van der Waals surface area contributed by atoms with E-state index in [0.717, 1.165) is 29.3 Å². The third-order valence-electron chi connectivity index (χ3n) is 5.50. The van der Waals surface area contributed by atoms with Crippen molar-refractivity contribution in [3.8, 4) is 0 Å². The highest BCUT2D eigenvalue weighted by atomic mass is 15.1. The Morgan fingerprint density at radius 2 is 1.85 bits per heavy atom. The molecule has 2 aliphatic heterocycles. The molecule has 1 N–H and O–H groups in total. The van der Waals surface area contributed by atoms with Crippen LogP contribution in [-0.4, -0.2) is 12.1 Å². The Morgan fingerprint density at radius 3 is 2.62 bits per heavy atom. The lowest BCUT2D eigenvalue weighted by molar-refractivity contribution is -0.0462. The Kier molecular flexibility index (Phi) is 1.19. The Morgan fingerprint density at radius 1 is 1.08 bits per heavy atom. The molecule has 3 aliphatic carbocycles. The Balaban J connectivity index is 1.71. The van der Waals surface area contributed by atoms with E-state index in [1.165, 1.54) is 25.7 Å². The molecule has 0 aromatic rings. The van der Waals surface area contributed by atoms with Gasteiger partial charge in [0.1, 0.15) is 0 Å². The minimum atomic E-state index is 0.833. The maximum absolute atomic E-state index is 3.83. The SMILES string of the molecule is C1CCC2C(C1)C1CC(N1)C21CC1. The third-order valence-corrected chi connectivity index (χ3v) is 5.50. The number of hydrogen-bond donors (Lipinski definition) is 1. The number of piperidine rings is 1. The largest absolute Gasteiger partial charge is 0.310 e. The van der Waals surface area contributed by atoms with Gasteiger partial charge >= 0.3 is 0 Å². The highest BCUT2D eigenvalue weighted by Gasteiger charge is 2.65. The average molecular weight is 177 g/mol. The summed E-state index contributed by atoms with van der Waals surface area (Å²) in [5.41, 5.74) is 0.833. The first-order chi connectivity index (χ1) is 6.40. The summed E-state index contributed by atoms with van der Waals surface area (Å²) in [6.07, 6.45) is 10.8. The van der Waals surface area contributed by atoms with Gasteiger partial charge in [0.2, 0.25) is 0 Å². The first-order valence-corrected chi connectivity index (χ1v) is 6.16. The quantitative estimate of drug-likeness (QED) is 0.599. The van der Waals surface area contributed by atoms with Crippen LogP contribution in [0.25, 0.3) is 0 Å². The number of hydrogen-bond acceptors (Lipinski definition) is 1. The minimum absolute atomic E-state index is 0.833. The summed E-state index contributed by atoms with van der Waals surface area (Å²) in [7, 11) is 0. The molecule has 72 valence electrons. The highest BCUT2D eigenvalue weighted by Crippen LogP contribution is 2.67. The second-order valence-electron chi connectivity index (χ2n) is 5.85. The van der Waals surface area contributed by atoms with Gasteiger partial charge in [-0.1, -0.05) is 12.8 Å². The topological polar surface area (TPSA) is 12.0 Å². The lowest BCUT2D eigenvalue weighted by atomic mass is 9.55. The molecule has 1 spiro atoms. The Labute approximate surface area is 80.3 Å². The van der Waals surface area contributed by atoms with E-state index in [-0.39, 0.29) is 0 Å². The fourth-order valence-electron chi connectivity index (χ4n) is 4.66. The normalized spacial score (nSPS) is 55.4. The lowest BCUT2D eigenvalue weighted by Crippen LogP contribution is -2.68. The zero-order valence-corrected chi connectivity index (χ0v) is 8.26. The van der Waals surface area contributed by atoms with E-state index in [1.54, 1.807) is 19.3 Å². The molecule has 5 aliphatic rings. The lowest BCUT2D eigenvalue weighted by Gasteiger charge is -2.59. The highest BCUT2D eigenvalue weighted by molar-refractivity contribution is 5.19. The van der Waals surface area contributed by atoms with Crippen LogP contribution in [0.1, 0.15) is 44.9 Å². The van der Waals surface area contributed by atoms with Gasteiger partial charge in [-0.3, -0.25) is 0 Å². The summed E-state index contributed by atoms with van der Waals surface area (Å²) in [5.74, 6) is 2.23. The molecular formula is C12H19N. The van der Waals surface area contributed by atoms with Crippen LogP contribution in [0.2, 0.25) is 0 Å². The molecule has 4 unspecified atom stereocenters. The van der Waals surface area contributed by atoms with Gasteiger partial charge in [0, 0.05) is 12.1 Å². The molecule has 5 fully saturated rings. The molecule has 2 saturated heterocycles. The van der Waals surface area contributed by atoms with Crippen LogP contribution >= 0.6 is 0 Å². The number of nitrogens with one attached hydrogen (secondary N) is 1. The van der Waals surface area contributed by atoms with Gasteiger partial charge in [-0.25, -0.2) is 0 Å². The molecule has 13 heavy (non-hydrogen) atoms. The van der Waals surface area contributed by atoms with Crippen molar-refractivity contribution in [2.24, 2.45) is 17.3 Å². The fourth-order valence-corrected chi connectivity index (χ4v) is 4.66. The molecular weight excluding hydrogens is 158 g/mol. The Hall–Kier alpha value is -0.0400. The van der Waals surface area contributed by atoms with E-state index in [2.05, 4.69) is 5.32 Å². The van der Waals surface area contributed by atoms with Gasteiger partial charge in [0.25, 0.3) is 0 Å². The zero-order chi connectivity index (χ0) is 8.47. The maximum atomic E-state index is 3.83. The summed E-state index contributed by atoms with van der Waals surface area (Å²) >= 11 is 0. The van der Waals surface area contributed by atoms with Gasteiger partial charge in [-0.15, -0.1) is 0 Å². The first-order valence-electron chi connectivity index (χ1n) is 6.16. The second-order valence-corrected chi connectivity index (χ2v) is 5.85. The standard InChI is InChI=1S/C12H19N/c1-2-4-9-8(3-1)10-7-11(13-10)12(9)5-6-12/h8-11,13H,1-7H2. The van der Waals surface area contributed by atoms with Crippen molar-refractivity contribution in [2.75, 3.05) is 0 Å². The van der Waals surface area contributed by atoms with Crippen LogP contribution in [0.15, 0.2) is 0 Å². The van der Waals surface area contributed by atoms with Crippen LogP contribution in [0.4, 0.5) is 0 Å². The first kappa shape index (κ1) is 7.28. The molecule has 2 bridgehead atoms. The van der Waals surface area contributed by atoms with Crippen molar-refractivity contribution in [3.05, 3.63) is 0 Å². The number of rotatable bonds is 0. The van der Waals surface area contributed by atoms with Crippen molar-refractivity contribution in [2.45, 2.75) is 57.0 Å². The van der Waals surface area contributed by atoms with Gasteiger partial charge in [-0.05, 0) is 49.4 Å². The second kappa shape index (κ2) is 2.13. The van der Waals surface area contributed by atoms with E-state index in [1.807, 2.05) is 0 Å². The smallest absolute Gasteiger partial charge is 0.0144 e. The van der Waals surface area contributed by atoms with E-state index in [9.17, 15) is 0 Å². The zero-order valence-electron chi connectivity index (χ0n) is 8.26.